The number of hydrogen-bond acceptors (Lipinski definition) is 4. The standard InChI is InChI=1S/C23H27NO3S/c1-2-13-27-23(26)20-16-11-7-4-8-12-19(16)28-22(20)24-21(25)18-14-17(18)15-9-5-3-6-10-15/h3,5-6,9-10,17-18H,2,4,7-8,11-14H2,1H3,(H,24,25)/t17-,18-/m1/s1. The summed E-state index contributed by atoms with van der Waals surface area (Å²) in [5.41, 5.74) is 2.93. The first-order valence-corrected chi connectivity index (χ1v) is 11.2. The van der Waals surface area contributed by atoms with Gasteiger partial charge >= 0.3 is 5.97 Å². The van der Waals surface area contributed by atoms with Gasteiger partial charge in [0.1, 0.15) is 5.00 Å². The summed E-state index contributed by atoms with van der Waals surface area (Å²) in [5.74, 6) is 0.0139. The molecule has 1 heterocycles. The lowest BCUT2D eigenvalue weighted by Gasteiger charge is -2.09. The molecule has 0 unspecified atom stereocenters. The fourth-order valence-corrected chi connectivity index (χ4v) is 5.35. The van der Waals surface area contributed by atoms with Crippen molar-refractivity contribution < 1.29 is 14.3 Å². The number of amides is 1. The van der Waals surface area contributed by atoms with Gasteiger partial charge in [-0.05, 0) is 55.6 Å². The van der Waals surface area contributed by atoms with Crippen molar-refractivity contribution in [3.63, 3.8) is 0 Å². The van der Waals surface area contributed by atoms with Crippen molar-refractivity contribution in [2.24, 2.45) is 5.92 Å². The quantitative estimate of drug-likeness (QED) is 0.530. The van der Waals surface area contributed by atoms with Gasteiger partial charge in [-0.2, -0.15) is 0 Å². The Balaban J connectivity index is 1.54. The molecule has 4 nitrogen and oxygen atoms in total. The van der Waals surface area contributed by atoms with Crippen molar-refractivity contribution in [1.82, 2.24) is 0 Å². The van der Waals surface area contributed by atoms with Crippen molar-refractivity contribution in [2.45, 2.75) is 57.8 Å². The van der Waals surface area contributed by atoms with Gasteiger partial charge in [-0.3, -0.25) is 4.79 Å². The van der Waals surface area contributed by atoms with Gasteiger partial charge in [0, 0.05) is 10.8 Å². The highest BCUT2D eigenvalue weighted by Gasteiger charge is 2.44. The Hall–Kier alpha value is -2.14. The van der Waals surface area contributed by atoms with Crippen LogP contribution in [0.2, 0.25) is 0 Å². The molecule has 1 N–H and O–H groups in total. The zero-order valence-corrected chi connectivity index (χ0v) is 17.1. The van der Waals surface area contributed by atoms with Gasteiger partial charge in [0.05, 0.1) is 12.2 Å². The topological polar surface area (TPSA) is 55.4 Å². The van der Waals surface area contributed by atoms with Gasteiger partial charge in [0.15, 0.2) is 0 Å². The second kappa shape index (κ2) is 8.48. The van der Waals surface area contributed by atoms with Gasteiger partial charge < -0.3 is 10.1 Å². The van der Waals surface area contributed by atoms with Crippen molar-refractivity contribution >= 4 is 28.2 Å². The number of thiophene rings is 1. The van der Waals surface area contributed by atoms with E-state index in [-0.39, 0.29) is 23.7 Å². The number of anilines is 1. The van der Waals surface area contributed by atoms with Gasteiger partial charge in [-0.1, -0.05) is 43.7 Å². The highest BCUT2D eigenvalue weighted by atomic mass is 32.1. The summed E-state index contributed by atoms with van der Waals surface area (Å²) in [4.78, 5) is 26.9. The van der Waals surface area contributed by atoms with Crippen molar-refractivity contribution in [3.05, 3.63) is 51.9 Å². The molecule has 2 aromatic rings. The van der Waals surface area contributed by atoms with Crippen LogP contribution in [0.4, 0.5) is 5.00 Å². The van der Waals surface area contributed by atoms with Crippen LogP contribution in [0.5, 0.6) is 0 Å². The van der Waals surface area contributed by atoms with Crippen LogP contribution in [0, 0.1) is 5.92 Å². The van der Waals surface area contributed by atoms with Crippen molar-refractivity contribution in [3.8, 4) is 0 Å². The molecule has 28 heavy (non-hydrogen) atoms. The van der Waals surface area contributed by atoms with Crippen LogP contribution in [0.15, 0.2) is 30.3 Å². The average molecular weight is 398 g/mol. The monoisotopic (exact) mass is 397 g/mol. The van der Waals surface area contributed by atoms with E-state index in [2.05, 4.69) is 17.4 Å². The molecule has 2 atom stereocenters. The third-order valence-corrected chi connectivity index (χ3v) is 6.86. The minimum atomic E-state index is -0.285. The van der Waals surface area contributed by atoms with Gasteiger partial charge in [-0.25, -0.2) is 4.79 Å². The molecule has 0 bridgehead atoms. The third kappa shape index (κ3) is 4.00. The molecule has 1 aromatic carbocycles. The Bertz CT molecular complexity index is 858. The molecular formula is C23H27NO3S. The molecule has 2 aliphatic carbocycles. The number of fused-ring (bicyclic) bond motifs is 1. The lowest BCUT2D eigenvalue weighted by molar-refractivity contribution is -0.117. The van der Waals surface area contributed by atoms with Gasteiger partial charge in [-0.15, -0.1) is 11.3 Å². The third-order valence-electron chi connectivity index (χ3n) is 5.65. The van der Waals surface area contributed by atoms with E-state index < -0.39 is 0 Å². The molecular weight excluding hydrogens is 370 g/mol. The van der Waals surface area contributed by atoms with Crippen molar-refractivity contribution in [1.29, 1.82) is 0 Å². The Labute approximate surface area is 170 Å². The summed E-state index contributed by atoms with van der Waals surface area (Å²) in [6.07, 6.45) is 6.96. The van der Waals surface area contributed by atoms with Crippen LogP contribution in [-0.4, -0.2) is 18.5 Å². The molecule has 0 aliphatic heterocycles. The van der Waals surface area contributed by atoms with Crippen LogP contribution >= 0.6 is 11.3 Å². The van der Waals surface area contributed by atoms with Gasteiger partial charge in [0.25, 0.3) is 0 Å². The van der Waals surface area contributed by atoms with E-state index in [0.29, 0.717) is 17.2 Å². The van der Waals surface area contributed by atoms with Crippen LogP contribution in [0.25, 0.3) is 0 Å². The molecule has 2 aliphatic rings. The number of carbonyl (C=O) groups excluding carboxylic acids is 2. The van der Waals surface area contributed by atoms with Crippen LogP contribution in [0.3, 0.4) is 0 Å². The molecule has 4 rings (SSSR count). The molecule has 0 radical (unpaired) electrons. The Kier molecular flexibility index (Phi) is 5.81. The average Bonchev–Trinajstić information content (AvgIpc) is 3.48. The molecule has 0 spiro atoms. The summed E-state index contributed by atoms with van der Waals surface area (Å²) in [6.45, 7) is 2.40. The first-order valence-electron chi connectivity index (χ1n) is 10.4. The zero-order chi connectivity index (χ0) is 19.5. The minimum absolute atomic E-state index is 0.0104. The highest BCUT2D eigenvalue weighted by Crippen LogP contribution is 2.48. The molecule has 1 aromatic heterocycles. The van der Waals surface area contributed by atoms with Crippen molar-refractivity contribution in [2.75, 3.05) is 11.9 Å². The minimum Gasteiger partial charge on any atom is -0.462 e. The first-order chi connectivity index (χ1) is 13.7. The number of benzene rings is 1. The smallest absolute Gasteiger partial charge is 0.341 e. The summed E-state index contributed by atoms with van der Waals surface area (Å²) in [7, 11) is 0. The zero-order valence-electron chi connectivity index (χ0n) is 16.3. The maximum atomic E-state index is 12.9. The van der Waals surface area contributed by atoms with E-state index in [1.165, 1.54) is 16.9 Å². The number of aryl methyl sites for hydroxylation is 1. The molecule has 0 saturated heterocycles. The summed E-state index contributed by atoms with van der Waals surface area (Å²) >= 11 is 1.57. The highest BCUT2D eigenvalue weighted by molar-refractivity contribution is 7.17. The number of esters is 1. The van der Waals surface area contributed by atoms with E-state index in [1.807, 2.05) is 25.1 Å². The van der Waals surface area contributed by atoms with Crippen LogP contribution < -0.4 is 5.32 Å². The van der Waals surface area contributed by atoms with E-state index in [4.69, 9.17) is 4.74 Å². The largest absolute Gasteiger partial charge is 0.462 e. The lowest BCUT2D eigenvalue weighted by Crippen LogP contribution is -2.17. The number of hydrogen-bond donors (Lipinski definition) is 1. The summed E-state index contributed by atoms with van der Waals surface area (Å²) in [6, 6.07) is 10.2. The molecule has 1 amide bonds. The Morgan fingerprint density at radius 3 is 2.71 bits per heavy atom. The fraction of sp³-hybridized carbons (Fsp3) is 0.478. The Morgan fingerprint density at radius 2 is 1.93 bits per heavy atom. The predicted molar refractivity (Wildman–Crippen MR) is 112 cm³/mol. The first kappa shape index (κ1) is 19.2. The van der Waals surface area contributed by atoms with Crippen LogP contribution in [-0.2, 0) is 22.4 Å². The second-order valence-corrected chi connectivity index (χ2v) is 8.86. The Morgan fingerprint density at radius 1 is 1.14 bits per heavy atom. The second-order valence-electron chi connectivity index (χ2n) is 7.75. The maximum absolute atomic E-state index is 12.9. The fourth-order valence-electron chi connectivity index (χ4n) is 4.07. The number of carbonyl (C=O) groups is 2. The van der Waals surface area contributed by atoms with E-state index in [9.17, 15) is 9.59 Å². The number of rotatable bonds is 6. The van der Waals surface area contributed by atoms with E-state index in [0.717, 1.165) is 44.1 Å². The predicted octanol–water partition coefficient (Wildman–Crippen LogP) is 5.33. The SMILES string of the molecule is CCCOC(=O)c1c(NC(=O)[C@@H]2C[C@@H]2c2ccccc2)sc2c1CCCCC2. The maximum Gasteiger partial charge on any atom is 0.341 e. The van der Waals surface area contributed by atoms with E-state index >= 15 is 0 Å². The molecule has 5 heteroatoms. The normalized spacial score (nSPS) is 20.8. The molecule has 1 saturated carbocycles. The van der Waals surface area contributed by atoms with E-state index in [1.54, 1.807) is 11.3 Å². The van der Waals surface area contributed by atoms with Crippen LogP contribution in [0.1, 0.15) is 71.3 Å². The summed E-state index contributed by atoms with van der Waals surface area (Å²) in [5, 5.41) is 3.78. The molecule has 148 valence electrons. The summed E-state index contributed by atoms with van der Waals surface area (Å²) < 4.78 is 5.45. The number of nitrogens with one attached hydrogen (secondary N) is 1. The number of ether oxygens (including phenoxy) is 1. The lowest BCUT2D eigenvalue weighted by atomic mass is 10.1. The van der Waals surface area contributed by atoms with Gasteiger partial charge in [0.2, 0.25) is 5.91 Å². The molecule has 1 fully saturated rings.